The highest BCUT2D eigenvalue weighted by molar-refractivity contribution is 5.85. The highest BCUT2D eigenvalue weighted by Gasteiger charge is 2.26. The van der Waals surface area contributed by atoms with Crippen molar-refractivity contribution in [2.45, 2.75) is 79.4 Å². The van der Waals surface area contributed by atoms with Crippen molar-refractivity contribution in [3.05, 3.63) is 53.2 Å². The van der Waals surface area contributed by atoms with Gasteiger partial charge in [-0.2, -0.15) is 5.10 Å². The summed E-state index contributed by atoms with van der Waals surface area (Å²) in [6.07, 6.45) is 1.79. The second kappa shape index (κ2) is 13.0. The number of benzene rings is 2. The highest BCUT2D eigenvalue weighted by Crippen LogP contribution is 2.42. The number of nitrogens with one attached hydrogen (secondary N) is 1. The monoisotopic (exact) mass is 562 g/mol. The molecule has 0 unspecified atom stereocenters. The van der Waals surface area contributed by atoms with E-state index >= 15 is 0 Å². The zero-order valence-corrected chi connectivity index (χ0v) is 25.7. The van der Waals surface area contributed by atoms with Crippen molar-refractivity contribution in [2.24, 2.45) is 0 Å². The van der Waals surface area contributed by atoms with Gasteiger partial charge in [-0.25, -0.2) is 4.79 Å². The molecule has 1 aliphatic rings. The van der Waals surface area contributed by atoms with E-state index in [9.17, 15) is 9.90 Å². The molecule has 1 amide bonds. The number of aromatic amines is 1. The van der Waals surface area contributed by atoms with Crippen LogP contribution in [-0.2, 0) is 11.3 Å². The Hall–Kier alpha value is -3.52. The van der Waals surface area contributed by atoms with Crippen molar-refractivity contribution < 1.29 is 19.4 Å². The Morgan fingerprint density at radius 1 is 1.10 bits per heavy atom. The number of hydrogen-bond acceptors (Lipinski definition) is 6. The average Bonchev–Trinajstić information content (AvgIpc) is 3.29. The minimum Gasteiger partial charge on any atom is -0.507 e. The molecule has 3 aromatic rings. The molecule has 2 aromatic carbocycles. The zero-order chi connectivity index (χ0) is 29.7. The van der Waals surface area contributed by atoms with E-state index in [-0.39, 0.29) is 17.8 Å². The van der Waals surface area contributed by atoms with Crippen LogP contribution in [0.15, 0.2) is 36.4 Å². The molecule has 2 N–H and O–H groups in total. The van der Waals surface area contributed by atoms with Gasteiger partial charge in [0, 0.05) is 55.6 Å². The minimum atomic E-state index is -0.481. The third-order valence-electron chi connectivity index (χ3n) is 7.38. The molecular formula is C33H46N4O4. The number of amides is 1. The van der Waals surface area contributed by atoms with Crippen molar-refractivity contribution in [1.29, 1.82) is 0 Å². The van der Waals surface area contributed by atoms with Gasteiger partial charge in [0.1, 0.15) is 22.8 Å². The number of phenolic OH excluding ortho intramolecular Hbond substituents is 1. The molecule has 0 aliphatic carbocycles. The average molecular weight is 563 g/mol. The summed E-state index contributed by atoms with van der Waals surface area (Å²) in [5.41, 5.74) is 6.18. The largest absolute Gasteiger partial charge is 0.507 e. The first-order chi connectivity index (χ1) is 19.5. The first kappa shape index (κ1) is 30.4. The third kappa shape index (κ3) is 7.61. The van der Waals surface area contributed by atoms with Gasteiger partial charge in [0.2, 0.25) is 0 Å². The van der Waals surface area contributed by atoms with E-state index in [2.05, 4.69) is 60.1 Å². The molecule has 8 nitrogen and oxygen atoms in total. The molecule has 0 radical (unpaired) electrons. The van der Waals surface area contributed by atoms with Crippen LogP contribution in [0.4, 0.5) is 4.79 Å². The van der Waals surface area contributed by atoms with Crippen LogP contribution < -0.4 is 4.74 Å². The number of H-pyrrole nitrogens is 1. The van der Waals surface area contributed by atoms with Crippen LogP contribution >= 0.6 is 0 Å². The summed E-state index contributed by atoms with van der Waals surface area (Å²) in [5.74, 6) is 1.13. The number of aromatic hydroxyl groups is 1. The smallest absolute Gasteiger partial charge is 0.410 e. The second-order valence-corrected chi connectivity index (χ2v) is 12.3. The van der Waals surface area contributed by atoms with Gasteiger partial charge < -0.3 is 19.5 Å². The number of carbonyl (C=O) groups is 1. The van der Waals surface area contributed by atoms with Gasteiger partial charge in [0.25, 0.3) is 0 Å². The van der Waals surface area contributed by atoms with Crippen molar-refractivity contribution in [1.82, 2.24) is 20.0 Å². The van der Waals surface area contributed by atoms with Crippen molar-refractivity contribution in [2.75, 3.05) is 32.8 Å². The molecule has 0 spiro atoms. The molecule has 0 saturated carbocycles. The van der Waals surface area contributed by atoms with E-state index in [1.54, 1.807) is 11.0 Å². The van der Waals surface area contributed by atoms with E-state index in [1.807, 2.05) is 33.8 Å². The number of phenols is 1. The fraction of sp³-hybridized carbons (Fsp3) is 0.515. The maximum Gasteiger partial charge on any atom is 0.410 e. The van der Waals surface area contributed by atoms with Crippen molar-refractivity contribution >= 4 is 6.09 Å². The van der Waals surface area contributed by atoms with E-state index in [4.69, 9.17) is 9.47 Å². The summed E-state index contributed by atoms with van der Waals surface area (Å²) in [5, 5.41) is 18.8. The number of aryl methyl sites for hydroxylation is 1. The number of nitrogens with zero attached hydrogens (tertiary/aromatic N) is 3. The molecule has 2 heterocycles. The molecule has 1 aromatic heterocycles. The number of carbonyl (C=O) groups excluding carboxylic acids is 1. The molecule has 4 rings (SSSR count). The number of rotatable bonds is 9. The molecule has 0 atom stereocenters. The number of ether oxygens (including phenoxy) is 2. The lowest BCUT2D eigenvalue weighted by atomic mass is 9.93. The summed E-state index contributed by atoms with van der Waals surface area (Å²) >= 11 is 0. The maximum absolute atomic E-state index is 12.4. The highest BCUT2D eigenvalue weighted by atomic mass is 16.6. The van der Waals surface area contributed by atoms with Gasteiger partial charge >= 0.3 is 6.09 Å². The van der Waals surface area contributed by atoms with E-state index in [0.717, 1.165) is 66.3 Å². The topological polar surface area (TPSA) is 90.9 Å². The summed E-state index contributed by atoms with van der Waals surface area (Å²) in [4.78, 5) is 16.5. The Balaban J connectivity index is 1.48. The van der Waals surface area contributed by atoms with Crippen molar-refractivity contribution in [3.63, 3.8) is 0 Å². The Morgan fingerprint density at radius 3 is 2.39 bits per heavy atom. The van der Waals surface area contributed by atoms with Crippen molar-refractivity contribution in [3.8, 4) is 33.9 Å². The van der Waals surface area contributed by atoms with Crippen LogP contribution in [0.1, 0.15) is 77.1 Å². The minimum absolute atomic E-state index is 0.163. The van der Waals surface area contributed by atoms with Crippen LogP contribution in [0, 0.1) is 6.92 Å². The number of piperazine rings is 1. The van der Waals surface area contributed by atoms with Gasteiger partial charge in [-0.15, -0.1) is 0 Å². The quantitative estimate of drug-likeness (QED) is 0.270. The summed E-state index contributed by atoms with van der Waals surface area (Å²) in [6.45, 7) is 18.5. The van der Waals surface area contributed by atoms with Crippen LogP contribution in [-0.4, -0.2) is 69.6 Å². The lowest BCUT2D eigenvalue weighted by Crippen LogP contribution is -2.49. The van der Waals surface area contributed by atoms with Crippen LogP contribution in [0.3, 0.4) is 0 Å². The Kier molecular flexibility index (Phi) is 9.64. The normalized spacial score (nSPS) is 14.5. The molecule has 1 aliphatic heterocycles. The molecule has 0 bridgehead atoms. The van der Waals surface area contributed by atoms with E-state index in [1.165, 1.54) is 5.56 Å². The lowest BCUT2D eigenvalue weighted by Gasteiger charge is -2.35. The molecule has 1 fully saturated rings. The van der Waals surface area contributed by atoms with Crippen LogP contribution in [0.25, 0.3) is 22.4 Å². The predicted molar refractivity (Wildman–Crippen MR) is 163 cm³/mol. The number of unbranched alkanes of at least 4 members (excludes halogenated alkanes) is 1. The van der Waals surface area contributed by atoms with Gasteiger partial charge in [-0.05, 0) is 62.8 Å². The zero-order valence-electron chi connectivity index (χ0n) is 25.7. The summed E-state index contributed by atoms with van der Waals surface area (Å²) < 4.78 is 11.5. The van der Waals surface area contributed by atoms with E-state index < -0.39 is 5.60 Å². The standard InChI is InChI=1S/C33H46N4O4/c1-8-9-18-40-29-20-28(38)27(19-26(29)22(2)3)31-30(23(4)34-35-31)25-12-10-24(11-13-25)21-36-14-16-37(17-15-36)32(39)41-33(5,6)7/h10-13,19-20,22,38H,8-9,14-18,21H2,1-7H3,(H,34,35). The predicted octanol–water partition coefficient (Wildman–Crippen LogP) is 7.11. The van der Waals surface area contributed by atoms with Gasteiger partial charge in [-0.1, -0.05) is 51.5 Å². The second-order valence-electron chi connectivity index (χ2n) is 12.3. The SMILES string of the molecule is CCCCOc1cc(O)c(-c2n[nH]c(C)c2-c2ccc(CN3CCN(C(=O)OC(C)(C)C)CC3)cc2)cc1C(C)C. The van der Waals surface area contributed by atoms with Gasteiger partial charge in [0.05, 0.1) is 6.61 Å². The number of hydrogen-bond donors (Lipinski definition) is 2. The van der Waals surface area contributed by atoms with E-state index in [0.29, 0.717) is 25.3 Å². The Bertz CT molecular complexity index is 1320. The van der Waals surface area contributed by atoms with Gasteiger partial charge in [-0.3, -0.25) is 10.00 Å². The Labute approximate surface area is 244 Å². The molecule has 222 valence electrons. The third-order valence-corrected chi connectivity index (χ3v) is 7.38. The maximum atomic E-state index is 12.4. The Morgan fingerprint density at radius 2 is 1.78 bits per heavy atom. The summed E-state index contributed by atoms with van der Waals surface area (Å²) in [6, 6.07) is 12.3. The fourth-order valence-corrected chi connectivity index (χ4v) is 5.11. The number of aromatic nitrogens is 2. The molecular weight excluding hydrogens is 516 g/mol. The lowest BCUT2D eigenvalue weighted by molar-refractivity contribution is 0.0139. The fourth-order valence-electron chi connectivity index (χ4n) is 5.11. The summed E-state index contributed by atoms with van der Waals surface area (Å²) in [7, 11) is 0. The first-order valence-electron chi connectivity index (χ1n) is 14.8. The first-order valence-corrected chi connectivity index (χ1v) is 14.8. The van der Waals surface area contributed by atoms with Crippen LogP contribution in [0.2, 0.25) is 0 Å². The van der Waals surface area contributed by atoms with Crippen LogP contribution in [0.5, 0.6) is 11.5 Å². The van der Waals surface area contributed by atoms with Gasteiger partial charge in [0.15, 0.2) is 0 Å². The molecule has 41 heavy (non-hydrogen) atoms. The molecule has 8 heteroatoms. The molecule has 1 saturated heterocycles.